The lowest BCUT2D eigenvalue weighted by Gasteiger charge is -2.35. The number of likely N-dealkylation sites (tertiary alicyclic amines) is 1. The Morgan fingerprint density at radius 2 is 2.18 bits per heavy atom. The van der Waals surface area contributed by atoms with Gasteiger partial charge < -0.3 is 14.6 Å². The molecule has 22 heavy (non-hydrogen) atoms. The molecule has 7 heteroatoms. The van der Waals surface area contributed by atoms with Crippen LogP contribution in [0.2, 0.25) is 0 Å². The molecule has 2 aliphatic rings. The van der Waals surface area contributed by atoms with Gasteiger partial charge in [-0.1, -0.05) is 0 Å². The van der Waals surface area contributed by atoms with Crippen molar-refractivity contribution in [3.63, 3.8) is 0 Å². The smallest absolute Gasteiger partial charge is 0.345 e. The molecule has 3 rings (SSSR count). The first-order valence-corrected chi connectivity index (χ1v) is 7.85. The van der Waals surface area contributed by atoms with E-state index in [-0.39, 0.29) is 17.5 Å². The summed E-state index contributed by atoms with van der Waals surface area (Å²) in [5.41, 5.74) is 0.554. The van der Waals surface area contributed by atoms with Crippen molar-refractivity contribution in [1.82, 2.24) is 19.8 Å². The predicted molar refractivity (Wildman–Crippen MR) is 80.7 cm³/mol. The minimum absolute atomic E-state index is 0.169. The highest BCUT2D eigenvalue weighted by Crippen LogP contribution is 2.24. The van der Waals surface area contributed by atoms with Gasteiger partial charge in [0.15, 0.2) is 0 Å². The SMILES string of the molecule is O=C(CN1CCOCC1)N1CCC[C@H](c2ccnc(=O)[nH]2)C1. The van der Waals surface area contributed by atoms with E-state index in [1.54, 1.807) is 0 Å². The number of hydrogen-bond donors (Lipinski definition) is 1. The summed E-state index contributed by atoms with van der Waals surface area (Å²) in [5, 5.41) is 0. The van der Waals surface area contributed by atoms with E-state index in [9.17, 15) is 9.59 Å². The summed E-state index contributed by atoms with van der Waals surface area (Å²) in [6.07, 6.45) is 3.48. The third-order valence-electron chi connectivity index (χ3n) is 4.37. The third-order valence-corrected chi connectivity index (χ3v) is 4.37. The molecule has 0 saturated carbocycles. The summed E-state index contributed by atoms with van der Waals surface area (Å²) in [6.45, 7) is 4.98. The summed E-state index contributed by atoms with van der Waals surface area (Å²) in [4.78, 5) is 34.3. The molecular weight excluding hydrogens is 284 g/mol. The lowest BCUT2D eigenvalue weighted by atomic mass is 9.94. The van der Waals surface area contributed by atoms with Crippen LogP contribution in [-0.4, -0.2) is 71.6 Å². The maximum Gasteiger partial charge on any atom is 0.345 e. The number of carbonyl (C=O) groups excluding carboxylic acids is 1. The average Bonchev–Trinajstić information content (AvgIpc) is 2.56. The lowest BCUT2D eigenvalue weighted by molar-refractivity contribution is -0.134. The number of amides is 1. The van der Waals surface area contributed by atoms with Gasteiger partial charge >= 0.3 is 5.69 Å². The van der Waals surface area contributed by atoms with Crippen molar-refractivity contribution in [1.29, 1.82) is 0 Å². The number of rotatable bonds is 3. The molecule has 2 fully saturated rings. The lowest BCUT2D eigenvalue weighted by Crippen LogP contribution is -2.47. The van der Waals surface area contributed by atoms with Gasteiger partial charge in [-0.25, -0.2) is 9.78 Å². The maximum absolute atomic E-state index is 12.5. The third kappa shape index (κ3) is 3.72. The van der Waals surface area contributed by atoms with Crippen molar-refractivity contribution in [2.75, 3.05) is 45.9 Å². The van der Waals surface area contributed by atoms with Crippen LogP contribution < -0.4 is 5.69 Å². The zero-order valence-corrected chi connectivity index (χ0v) is 12.7. The van der Waals surface area contributed by atoms with Crippen LogP contribution in [0.1, 0.15) is 24.5 Å². The van der Waals surface area contributed by atoms with Crippen molar-refractivity contribution in [2.24, 2.45) is 0 Å². The van der Waals surface area contributed by atoms with Crippen LogP contribution in [0.15, 0.2) is 17.1 Å². The molecule has 1 aromatic rings. The Morgan fingerprint density at radius 3 is 2.95 bits per heavy atom. The summed E-state index contributed by atoms with van der Waals surface area (Å²) < 4.78 is 5.31. The Balaban J connectivity index is 1.60. The average molecular weight is 306 g/mol. The minimum atomic E-state index is -0.325. The molecule has 1 atom stereocenters. The molecule has 1 amide bonds. The molecule has 120 valence electrons. The Bertz CT molecular complexity index is 568. The molecule has 3 heterocycles. The van der Waals surface area contributed by atoms with Gasteiger partial charge in [0.1, 0.15) is 0 Å². The molecule has 0 bridgehead atoms. The number of carbonyl (C=O) groups is 1. The zero-order valence-electron chi connectivity index (χ0n) is 12.7. The molecule has 0 aliphatic carbocycles. The molecular formula is C15H22N4O3. The Morgan fingerprint density at radius 1 is 1.36 bits per heavy atom. The second-order valence-electron chi connectivity index (χ2n) is 5.90. The molecule has 0 radical (unpaired) electrons. The van der Waals surface area contributed by atoms with Gasteiger partial charge in [0.05, 0.1) is 19.8 Å². The number of aromatic amines is 1. The number of nitrogens with one attached hydrogen (secondary N) is 1. The summed E-state index contributed by atoms with van der Waals surface area (Å²) in [7, 11) is 0. The second kappa shape index (κ2) is 7.02. The largest absolute Gasteiger partial charge is 0.379 e. The van der Waals surface area contributed by atoms with Gasteiger partial charge in [-0.2, -0.15) is 0 Å². The number of morpholine rings is 1. The van der Waals surface area contributed by atoms with Crippen molar-refractivity contribution in [3.8, 4) is 0 Å². The van der Waals surface area contributed by atoms with Gasteiger partial charge in [0.2, 0.25) is 5.91 Å². The molecule has 7 nitrogen and oxygen atoms in total. The van der Waals surface area contributed by atoms with E-state index >= 15 is 0 Å². The van der Waals surface area contributed by atoms with E-state index in [0.29, 0.717) is 26.3 Å². The van der Waals surface area contributed by atoms with Crippen LogP contribution in [0, 0.1) is 0 Å². The number of nitrogens with zero attached hydrogens (tertiary/aromatic N) is 3. The Kier molecular flexibility index (Phi) is 4.84. The van der Waals surface area contributed by atoms with Crippen molar-refractivity contribution in [3.05, 3.63) is 28.4 Å². The number of piperidine rings is 1. The molecule has 1 N–H and O–H groups in total. The highest BCUT2D eigenvalue weighted by Gasteiger charge is 2.26. The number of H-pyrrole nitrogens is 1. The summed E-state index contributed by atoms with van der Waals surface area (Å²) in [6, 6.07) is 1.84. The normalized spacial score (nSPS) is 23.5. The van der Waals surface area contributed by atoms with Crippen molar-refractivity contribution < 1.29 is 9.53 Å². The Hall–Kier alpha value is -1.73. The van der Waals surface area contributed by atoms with Crippen LogP contribution >= 0.6 is 0 Å². The quantitative estimate of drug-likeness (QED) is 0.837. The molecule has 0 unspecified atom stereocenters. The number of hydrogen-bond acceptors (Lipinski definition) is 5. The topological polar surface area (TPSA) is 78.5 Å². The van der Waals surface area contributed by atoms with Gasteiger partial charge in [-0.05, 0) is 18.9 Å². The number of ether oxygens (including phenoxy) is 1. The maximum atomic E-state index is 12.5. The fourth-order valence-electron chi connectivity index (χ4n) is 3.13. The standard InChI is InChI=1S/C15H22N4O3/c20-14(11-18-6-8-22-9-7-18)19-5-1-2-12(10-19)13-3-4-16-15(21)17-13/h3-4,12H,1-2,5-11H2,(H,16,17,21)/t12-/m0/s1. The molecule has 0 aromatic carbocycles. The summed E-state index contributed by atoms with van der Waals surface area (Å²) >= 11 is 0. The molecule has 2 saturated heterocycles. The molecule has 2 aliphatic heterocycles. The van der Waals surface area contributed by atoms with Crippen LogP contribution in [0.3, 0.4) is 0 Å². The van der Waals surface area contributed by atoms with Gasteiger partial charge in [-0.3, -0.25) is 9.69 Å². The van der Waals surface area contributed by atoms with Crippen LogP contribution in [0.4, 0.5) is 0 Å². The van der Waals surface area contributed by atoms with Gasteiger partial charge in [0.25, 0.3) is 0 Å². The number of aromatic nitrogens is 2. The van der Waals surface area contributed by atoms with Gasteiger partial charge in [0, 0.05) is 44.0 Å². The van der Waals surface area contributed by atoms with Crippen molar-refractivity contribution in [2.45, 2.75) is 18.8 Å². The van der Waals surface area contributed by atoms with E-state index in [0.717, 1.165) is 38.2 Å². The monoisotopic (exact) mass is 306 g/mol. The van der Waals surface area contributed by atoms with Crippen molar-refractivity contribution >= 4 is 5.91 Å². The fourth-order valence-corrected chi connectivity index (χ4v) is 3.13. The van der Waals surface area contributed by atoms with E-state index in [1.165, 1.54) is 6.20 Å². The zero-order chi connectivity index (χ0) is 15.4. The van der Waals surface area contributed by atoms with Crippen LogP contribution in [0.5, 0.6) is 0 Å². The van der Waals surface area contributed by atoms with E-state index in [1.807, 2.05) is 11.0 Å². The first-order chi connectivity index (χ1) is 10.7. The molecule has 0 spiro atoms. The van der Waals surface area contributed by atoms with E-state index < -0.39 is 0 Å². The molecule has 1 aromatic heterocycles. The predicted octanol–water partition coefficient (Wildman–Crippen LogP) is -0.192. The van der Waals surface area contributed by atoms with E-state index in [2.05, 4.69) is 14.9 Å². The Labute approximate surface area is 129 Å². The second-order valence-corrected chi connectivity index (χ2v) is 5.90. The first kappa shape index (κ1) is 15.2. The van der Waals surface area contributed by atoms with Gasteiger partial charge in [-0.15, -0.1) is 0 Å². The minimum Gasteiger partial charge on any atom is -0.379 e. The fraction of sp³-hybridized carbons (Fsp3) is 0.667. The summed E-state index contributed by atoms with van der Waals surface area (Å²) in [5.74, 6) is 0.362. The van der Waals surface area contributed by atoms with Crippen LogP contribution in [0.25, 0.3) is 0 Å². The highest BCUT2D eigenvalue weighted by molar-refractivity contribution is 5.78. The highest BCUT2D eigenvalue weighted by atomic mass is 16.5. The van der Waals surface area contributed by atoms with E-state index in [4.69, 9.17) is 4.74 Å². The van der Waals surface area contributed by atoms with Crippen LogP contribution in [-0.2, 0) is 9.53 Å². The first-order valence-electron chi connectivity index (χ1n) is 7.85.